The van der Waals surface area contributed by atoms with Crippen LogP contribution < -0.4 is 5.32 Å². The van der Waals surface area contributed by atoms with E-state index in [4.69, 9.17) is 33.2 Å². The molecule has 1 N–H and O–H groups in total. The Hall–Kier alpha value is -1.07. The normalized spacial score (nSPS) is 17.7. The second kappa shape index (κ2) is 21.1. The zero-order valence-corrected chi connectivity index (χ0v) is 23.2. The Morgan fingerprint density at radius 3 is 1.17 bits per heavy atom. The molecule has 9 heteroatoms. The molecule has 0 aliphatic heterocycles. The Kier molecular flexibility index (Phi) is 20.4. The summed E-state index contributed by atoms with van der Waals surface area (Å²) in [7, 11) is 0. The second-order valence-electron chi connectivity index (χ2n) is 9.08. The summed E-state index contributed by atoms with van der Waals surface area (Å²) in [6.07, 6.45) is 0.958. The lowest BCUT2D eigenvalue weighted by atomic mass is 10.3. The third kappa shape index (κ3) is 20.8. The maximum absolute atomic E-state index is 11.2. The highest BCUT2D eigenvalue weighted by atomic mass is 16.6. The van der Waals surface area contributed by atoms with Gasteiger partial charge in [-0.15, -0.1) is 0 Å². The van der Waals surface area contributed by atoms with Gasteiger partial charge in [-0.05, 0) is 61.5 Å². The summed E-state index contributed by atoms with van der Waals surface area (Å²) in [6, 6.07) is 0. The molecule has 0 aromatic heterocycles. The van der Waals surface area contributed by atoms with E-state index in [0.717, 1.165) is 0 Å². The van der Waals surface area contributed by atoms with Crippen molar-refractivity contribution in [2.75, 3.05) is 52.8 Å². The number of carbonyl (C=O) groups excluding carboxylic acids is 1. The van der Waals surface area contributed by atoms with Crippen molar-refractivity contribution < 1.29 is 38.0 Å². The first-order chi connectivity index (χ1) is 16.6. The van der Waals surface area contributed by atoms with Gasteiger partial charge in [0.15, 0.2) is 0 Å². The number of hydrogen-bond donors (Lipinski definition) is 1. The SMILES string of the molecule is C=CC(=O)NCC(C)OCC(C)OCC(C)OCC(C)OCC(C)OCC(C)OCC(C)OCC. The molecule has 0 aromatic rings. The highest BCUT2D eigenvalue weighted by Gasteiger charge is 2.14. The van der Waals surface area contributed by atoms with Crippen molar-refractivity contribution in [1.29, 1.82) is 0 Å². The third-order valence-corrected chi connectivity index (χ3v) is 4.89. The van der Waals surface area contributed by atoms with Crippen LogP contribution in [-0.2, 0) is 38.0 Å². The molecule has 0 spiro atoms. The van der Waals surface area contributed by atoms with Gasteiger partial charge in [0.1, 0.15) is 0 Å². The molecule has 0 radical (unpaired) electrons. The molecule has 0 fully saturated rings. The van der Waals surface area contributed by atoms with Crippen LogP contribution in [0.2, 0.25) is 0 Å². The van der Waals surface area contributed by atoms with Gasteiger partial charge in [-0.2, -0.15) is 0 Å². The molecule has 0 bridgehead atoms. The van der Waals surface area contributed by atoms with E-state index in [9.17, 15) is 4.79 Å². The van der Waals surface area contributed by atoms with Crippen LogP contribution in [0.5, 0.6) is 0 Å². The van der Waals surface area contributed by atoms with Crippen molar-refractivity contribution in [3.05, 3.63) is 12.7 Å². The van der Waals surface area contributed by atoms with Gasteiger partial charge < -0.3 is 38.5 Å². The summed E-state index contributed by atoms with van der Waals surface area (Å²) >= 11 is 0. The lowest BCUT2D eigenvalue weighted by Gasteiger charge is -2.23. The number of amides is 1. The van der Waals surface area contributed by atoms with Gasteiger partial charge in [0.2, 0.25) is 5.91 Å². The molecule has 0 saturated heterocycles. The first-order valence-corrected chi connectivity index (χ1v) is 12.8. The maximum Gasteiger partial charge on any atom is 0.243 e. The molecule has 1 amide bonds. The molecule has 0 heterocycles. The molecule has 208 valence electrons. The summed E-state index contributed by atoms with van der Waals surface area (Å²) < 4.78 is 40.2. The Morgan fingerprint density at radius 1 is 0.600 bits per heavy atom. The molecule has 7 unspecified atom stereocenters. The predicted octanol–water partition coefficient (Wildman–Crippen LogP) is 3.14. The quantitative estimate of drug-likeness (QED) is 0.212. The van der Waals surface area contributed by atoms with Gasteiger partial charge in [-0.3, -0.25) is 4.79 Å². The maximum atomic E-state index is 11.2. The van der Waals surface area contributed by atoms with E-state index in [-0.39, 0.29) is 48.6 Å². The Balaban J connectivity index is 3.85. The van der Waals surface area contributed by atoms with Crippen LogP contribution in [0.15, 0.2) is 12.7 Å². The van der Waals surface area contributed by atoms with Crippen LogP contribution in [0.4, 0.5) is 0 Å². The lowest BCUT2D eigenvalue weighted by Crippen LogP contribution is -2.33. The number of rotatable bonds is 23. The summed E-state index contributed by atoms with van der Waals surface area (Å²) in [5, 5.41) is 2.70. The second-order valence-corrected chi connectivity index (χ2v) is 9.08. The Labute approximate surface area is 213 Å². The number of hydrogen-bond acceptors (Lipinski definition) is 8. The predicted molar refractivity (Wildman–Crippen MR) is 137 cm³/mol. The van der Waals surface area contributed by atoms with Gasteiger partial charge in [0.05, 0.1) is 82.4 Å². The minimum atomic E-state index is -0.209. The molecule has 0 aliphatic rings. The zero-order chi connectivity index (χ0) is 26.6. The topological polar surface area (TPSA) is 93.7 Å². The van der Waals surface area contributed by atoms with Gasteiger partial charge in [-0.1, -0.05) is 6.58 Å². The molecule has 0 rings (SSSR count). The van der Waals surface area contributed by atoms with E-state index in [2.05, 4.69) is 11.9 Å². The van der Waals surface area contributed by atoms with Crippen LogP contribution in [0.25, 0.3) is 0 Å². The first-order valence-electron chi connectivity index (χ1n) is 12.8. The van der Waals surface area contributed by atoms with E-state index in [1.165, 1.54) is 6.08 Å². The summed E-state index contributed by atoms with van der Waals surface area (Å²) in [6.45, 7) is 23.2. The number of ether oxygens (including phenoxy) is 7. The van der Waals surface area contributed by atoms with Crippen LogP contribution >= 0.6 is 0 Å². The van der Waals surface area contributed by atoms with Crippen LogP contribution in [0, 0.1) is 0 Å². The monoisotopic (exact) mass is 505 g/mol. The average molecular weight is 506 g/mol. The van der Waals surface area contributed by atoms with Crippen LogP contribution in [-0.4, -0.2) is 101 Å². The minimum absolute atomic E-state index is 0.00362. The molecule has 35 heavy (non-hydrogen) atoms. The van der Waals surface area contributed by atoms with Crippen molar-refractivity contribution >= 4 is 5.91 Å². The van der Waals surface area contributed by atoms with Gasteiger partial charge in [0.25, 0.3) is 0 Å². The molecule has 0 aliphatic carbocycles. The van der Waals surface area contributed by atoms with Crippen molar-refractivity contribution in [2.45, 2.75) is 98.1 Å². The average Bonchev–Trinajstić information content (AvgIpc) is 2.84. The fourth-order valence-electron chi connectivity index (χ4n) is 2.75. The number of nitrogens with one attached hydrogen (secondary N) is 1. The molecule has 0 aromatic carbocycles. The van der Waals surface area contributed by atoms with Gasteiger partial charge in [0, 0.05) is 13.2 Å². The fourth-order valence-corrected chi connectivity index (χ4v) is 2.75. The molecule has 9 nitrogen and oxygen atoms in total. The van der Waals surface area contributed by atoms with E-state index >= 15 is 0 Å². The Bertz CT molecular complexity index is 535. The molecule has 0 saturated carbocycles. The van der Waals surface area contributed by atoms with Crippen molar-refractivity contribution in [3.8, 4) is 0 Å². The Morgan fingerprint density at radius 2 is 0.886 bits per heavy atom. The van der Waals surface area contributed by atoms with Crippen molar-refractivity contribution in [3.63, 3.8) is 0 Å². The molecule has 7 atom stereocenters. The summed E-state index contributed by atoms with van der Waals surface area (Å²) in [5.74, 6) is -0.209. The van der Waals surface area contributed by atoms with Gasteiger partial charge in [-0.25, -0.2) is 0 Å². The summed E-state index contributed by atoms with van der Waals surface area (Å²) in [4.78, 5) is 11.2. The highest BCUT2D eigenvalue weighted by molar-refractivity contribution is 5.86. The number of carbonyl (C=O) groups is 1. The van der Waals surface area contributed by atoms with E-state index in [0.29, 0.717) is 52.8 Å². The van der Waals surface area contributed by atoms with E-state index in [1.807, 2.05) is 55.4 Å². The van der Waals surface area contributed by atoms with E-state index < -0.39 is 0 Å². The minimum Gasteiger partial charge on any atom is -0.376 e. The first kappa shape index (κ1) is 33.9. The van der Waals surface area contributed by atoms with Gasteiger partial charge >= 0.3 is 0 Å². The van der Waals surface area contributed by atoms with E-state index in [1.54, 1.807) is 0 Å². The molecular weight excluding hydrogens is 454 g/mol. The standard InChI is InChI=1S/C26H51NO8/c1-10-26(28)27-12-19(3)30-14-21(5)32-16-23(7)34-18-25(9)35-17-24(8)33-15-22(6)31-13-20(4)29-11-2/h10,19-25H,1,11-18H2,2-9H3,(H,27,28). The summed E-state index contributed by atoms with van der Waals surface area (Å²) in [5.41, 5.74) is 0. The largest absolute Gasteiger partial charge is 0.376 e. The zero-order valence-electron chi connectivity index (χ0n) is 23.2. The fraction of sp³-hybridized carbons (Fsp3) is 0.885. The lowest BCUT2D eigenvalue weighted by molar-refractivity contribution is -0.117. The van der Waals surface area contributed by atoms with Crippen molar-refractivity contribution in [1.82, 2.24) is 5.32 Å². The van der Waals surface area contributed by atoms with Crippen LogP contribution in [0.3, 0.4) is 0 Å². The van der Waals surface area contributed by atoms with Crippen LogP contribution in [0.1, 0.15) is 55.4 Å². The molecular formula is C26H51NO8. The van der Waals surface area contributed by atoms with Crippen molar-refractivity contribution in [2.24, 2.45) is 0 Å². The highest BCUT2D eigenvalue weighted by Crippen LogP contribution is 2.04. The third-order valence-electron chi connectivity index (χ3n) is 4.89. The smallest absolute Gasteiger partial charge is 0.243 e.